The van der Waals surface area contributed by atoms with E-state index in [1.165, 1.54) is 11.5 Å². The van der Waals surface area contributed by atoms with Gasteiger partial charge in [0.15, 0.2) is 0 Å². The molecule has 2 nitrogen and oxygen atoms in total. The van der Waals surface area contributed by atoms with Crippen molar-refractivity contribution in [1.29, 1.82) is 0 Å². The van der Waals surface area contributed by atoms with Crippen molar-refractivity contribution in [2.45, 2.75) is 17.6 Å². The Morgan fingerprint density at radius 3 is 2.75 bits per heavy atom. The molecule has 0 bridgehead atoms. The third-order valence-electron chi connectivity index (χ3n) is 0.871. The van der Waals surface area contributed by atoms with Crippen LogP contribution in [0.25, 0.3) is 0 Å². The fourth-order valence-electron chi connectivity index (χ4n) is 0.426. The summed E-state index contributed by atoms with van der Waals surface area (Å²) in [5.74, 6) is 0. The first kappa shape index (κ1) is 6.04. The monoisotopic (exact) mass is 146 g/mol. The molecule has 0 aromatic carbocycles. The van der Waals surface area contributed by atoms with Crippen molar-refractivity contribution >= 4 is 24.2 Å². The van der Waals surface area contributed by atoms with E-state index in [9.17, 15) is 0 Å². The van der Waals surface area contributed by atoms with E-state index in [0.717, 1.165) is 16.3 Å². The highest BCUT2D eigenvalue weighted by Gasteiger charge is 1.97. The molecule has 1 aromatic rings. The van der Waals surface area contributed by atoms with Crippen LogP contribution in [0.3, 0.4) is 0 Å². The highest BCUT2D eigenvalue weighted by Crippen LogP contribution is 2.14. The zero-order valence-corrected chi connectivity index (χ0v) is 6.17. The van der Waals surface area contributed by atoms with Crippen LogP contribution in [0.2, 0.25) is 0 Å². The van der Waals surface area contributed by atoms with Crippen LogP contribution in [0.5, 0.6) is 0 Å². The summed E-state index contributed by atoms with van der Waals surface area (Å²) in [5.41, 5.74) is 0.998. The number of hydrogen-bond acceptors (Lipinski definition) is 4. The molecule has 0 aliphatic rings. The summed E-state index contributed by atoms with van der Waals surface area (Å²) in [6.07, 6.45) is 0.926. The van der Waals surface area contributed by atoms with Gasteiger partial charge >= 0.3 is 0 Å². The van der Waals surface area contributed by atoms with Crippen LogP contribution in [0.15, 0.2) is 4.21 Å². The number of nitrogens with zero attached hydrogens (tertiary/aromatic N) is 2. The van der Waals surface area contributed by atoms with Gasteiger partial charge < -0.3 is 0 Å². The summed E-state index contributed by atoms with van der Waals surface area (Å²) in [6.45, 7) is 2.04. The first-order valence-electron chi connectivity index (χ1n) is 2.34. The largest absolute Gasteiger partial charge is 0.142 e. The second-order valence-electron chi connectivity index (χ2n) is 1.38. The molecule has 0 atom stereocenters. The van der Waals surface area contributed by atoms with Crippen molar-refractivity contribution in [3.63, 3.8) is 0 Å². The van der Waals surface area contributed by atoms with Gasteiger partial charge in [-0.2, -0.15) is 0 Å². The zero-order valence-electron chi connectivity index (χ0n) is 4.46. The molecule has 0 fully saturated rings. The van der Waals surface area contributed by atoms with Crippen LogP contribution >= 0.6 is 24.2 Å². The Labute approximate surface area is 57.5 Å². The standard InChI is InChI=1S/C4H6N2S2/c1-2-3-4(7)8-6-5-3/h7H,2H2,1H3. The molecule has 0 amide bonds. The minimum atomic E-state index is 0.926. The molecule has 0 radical (unpaired) electrons. The zero-order chi connectivity index (χ0) is 5.98. The normalized spacial score (nSPS) is 9.75. The predicted molar refractivity (Wildman–Crippen MR) is 36.5 cm³/mol. The lowest BCUT2D eigenvalue weighted by Crippen LogP contribution is -1.78. The third kappa shape index (κ3) is 1.00. The van der Waals surface area contributed by atoms with Crippen LogP contribution in [0.1, 0.15) is 12.6 Å². The van der Waals surface area contributed by atoms with Crippen LogP contribution in [-0.2, 0) is 6.42 Å². The molecule has 1 aromatic heterocycles. The van der Waals surface area contributed by atoms with Crippen molar-refractivity contribution in [2.75, 3.05) is 0 Å². The Morgan fingerprint density at radius 2 is 2.50 bits per heavy atom. The maximum Gasteiger partial charge on any atom is 0.101 e. The molecular formula is C4H6N2S2. The molecule has 0 saturated heterocycles. The Bertz CT molecular complexity index is 172. The Morgan fingerprint density at radius 1 is 1.75 bits per heavy atom. The van der Waals surface area contributed by atoms with Crippen molar-refractivity contribution in [2.24, 2.45) is 0 Å². The number of rotatable bonds is 1. The molecule has 0 aliphatic heterocycles. The van der Waals surface area contributed by atoms with Gasteiger partial charge in [-0.15, -0.1) is 17.7 Å². The highest BCUT2D eigenvalue weighted by molar-refractivity contribution is 7.82. The smallest absolute Gasteiger partial charge is 0.101 e. The lowest BCUT2D eigenvalue weighted by Gasteiger charge is -1.82. The Hall–Kier alpha value is -0.0900. The van der Waals surface area contributed by atoms with E-state index in [2.05, 4.69) is 22.2 Å². The molecule has 44 valence electrons. The van der Waals surface area contributed by atoms with E-state index >= 15 is 0 Å². The molecule has 0 saturated carbocycles. The second-order valence-corrected chi connectivity index (χ2v) is 2.88. The minimum absolute atomic E-state index is 0.926. The summed E-state index contributed by atoms with van der Waals surface area (Å²) < 4.78 is 4.65. The molecule has 1 rings (SSSR count). The predicted octanol–water partition coefficient (Wildman–Crippen LogP) is 1.39. The maximum atomic E-state index is 4.12. The lowest BCUT2D eigenvalue weighted by molar-refractivity contribution is 0.967. The summed E-state index contributed by atoms with van der Waals surface area (Å²) in [6, 6.07) is 0. The SMILES string of the molecule is CCc1nnsc1S. The van der Waals surface area contributed by atoms with Gasteiger partial charge in [0.1, 0.15) is 4.21 Å². The maximum absolute atomic E-state index is 4.12. The second kappa shape index (κ2) is 2.46. The summed E-state index contributed by atoms with van der Waals surface area (Å²) in [4.78, 5) is 0. The van der Waals surface area contributed by atoms with Crippen LogP contribution in [0.4, 0.5) is 0 Å². The summed E-state index contributed by atoms with van der Waals surface area (Å²) in [5, 5.41) is 3.83. The molecule has 0 N–H and O–H groups in total. The van der Waals surface area contributed by atoms with Gasteiger partial charge in [-0.25, -0.2) is 0 Å². The number of aryl methyl sites for hydroxylation is 1. The van der Waals surface area contributed by atoms with E-state index in [4.69, 9.17) is 0 Å². The first-order chi connectivity index (χ1) is 3.84. The van der Waals surface area contributed by atoms with Gasteiger partial charge in [-0.05, 0) is 18.0 Å². The number of aromatic nitrogens is 2. The first-order valence-corrected chi connectivity index (χ1v) is 3.57. The van der Waals surface area contributed by atoms with Crippen molar-refractivity contribution < 1.29 is 0 Å². The van der Waals surface area contributed by atoms with Crippen LogP contribution < -0.4 is 0 Å². The molecule has 8 heavy (non-hydrogen) atoms. The van der Waals surface area contributed by atoms with Crippen LogP contribution in [0, 0.1) is 0 Å². The molecule has 0 unspecified atom stereocenters. The lowest BCUT2D eigenvalue weighted by atomic mass is 10.4. The van der Waals surface area contributed by atoms with Gasteiger partial charge in [0.05, 0.1) is 5.69 Å². The van der Waals surface area contributed by atoms with Gasteiger partial charge in [0, 0.05) is 0 Å². The minimum Gasteiger partial charge on any atom is -0.142 e. The van der Waals surface area contributed by atoms with Gasteiger partial charge in [0.25, 0.3) is 0 Å². The van der Waals surface area contributed by atoms with Crippen LogP contribution in [-0.4, -0.2) is 9.59 Å². The van der Waals surface area contributed by atoms with Crippen molar-refractivity contribution in [1.82, 2.24) is 9.59 Å². The Kier molecular flexibility index (Phi) is 1.85. The highest BCUT2D eigenvalue weighted by atomic mass is 32.2. The quantitative estimate of drug-likeness (QED) is 0.606. The van der Waals surface area contributed by atoms with Crippen molar-refractivity contribution in [3.8, 4) is 0 Å². The molecule has 1 heterocycles. The third-order valence-corrected chi connectivity index (χ3v) is 1.95. The number of thiol groups is 1. The van der Waals surface area contributed by atoms with E-state index in [1.54, 1.807) is 0 Å². The van der Waals surface area contributed by atoms with Gasteiger partial charge in [-0.3, -0.25) is 0 Å². The van der Waals surface area contributed by atoms with Gasteiger partial charge in [0.2, 0.25) is 0 Å². The average molecular weight is 146 g/mol. The van der Waals surface area contributed by atoms with Gasteiger partial charge in [-0.1, -0.05) is 11.4 Å². The number of hydrogen-bond donors (Lipinski definition) is 1. The van der Waals surface area contributed by atoms with Crippen molar-refractivity contribution in [3.05, 3.63) is 5.69 Å². The van der Waals surface area contributed by atoms with E-state index < -0.39 is 0 Å². The molecule has 4 heteroatoms. The topological polar surface area (TPSA) is 25.8 Å². The molecule has 0 aliphatic carbocycles. The summed E-state index contributed by atoms with van der Waals surface area (Å²) >= 11 is 5.45. The fraction of sp³-hybridized carbons (Fsp3) is 0.500. The Balaban J connectivity index is 2.92. The molecular weight excluding hydrogens is 140 g/mol. The van der Waals surface area contributed by atoms with E-state index in [-0.39, 0.29) is 0 Å². The fourth-order valence-corrected chi connectivity index (χ4v) is 1.25. The van der Waals surface area contributed by atoms with E-state index in [1.807, 2.05) is 6.92 Å². The van der Waals surface area contributed by atoms with E-state index in [0.29, 0.717) is 0 Å². The average Bonchev–Trinajstić information content (AvgIpc) is 2.14. The summed E-state index contributed by atoms with van der Waals surface area (Å²) in [7, 11) is 0. The molecule has 0 spiro atoms.